The third-order valence-corrected chi connectivity index (χ3v) is 2.96. The lowest BCUT2D eigenvalue weighted by Gasteiger charge is -2.12. The molecule has 0 amide bonds. The van der Waals surface area contributed by atoms with Gasteiger partial charge in [-0.1, -0.05) is 11.6 Å². The van der Waals surface area contributed by atoms with Gasteiger partial charge in [0, 0.05) is 22.6 Å². The Bertz CT molecular complexity index is 641. The summed E-state index contributed by atoms with van der Waals surface area (Å²) in [5.41, 5.74) is 3.17. The molecular formula is C14H13ClN2O2. The van der Waals surface area contributed by atoms with Crippen molar-refractivity contribution in [2.24, 2.45) is 0 Å². The number of hydrogen-bond donors (Lipinski definition) is 2. The summed E-state index contributed by atoms with van der Waals surface area (Å²) in [6.45, 7) is 3.72. The Labute approximate surface area is 116 Å². The highest BCUT2D eigenvalue weighted by Crippen LogP contribution is 2.25. The van der Waals surface area contributed by atoms with E-state index in [0.717, 1.165) is 16.9 Å². The van der Waals surface area contributed by atoms with Gasteiger partial charge in [0.05, 0.1) is 5.69 Å². The summed E-state index contributed by atoms with van der Waals surface area (Å²) in [6, 6.07) is 7.10. The molecule has 4 nitrogen and oxygen atoms in total. The van der Waals surface area contributed by atoms with E-state index in [9.17, 15) is 4.79 Å². The number of aryl methyl sites for hydroxylation is 2. The predicted molar refractivity (Wildman–Crippen MR) is 75.4 cm³/mol. The van der Waals surface area contributed by atoms with Crippen LogP contribution in [0.3, 0.4) is 0 Å². The molecule has 0 saturated heterocycles. The van der Waals surface area contributed by atoms with Crippen molar-refractivity contribution in [3.05, 3.63) is 52.3 Å². The van der Waals surface area contributed by atoms with Crippen LogP contribution in [0.5, 0.6) is 0 Å². The maximum atomic E-state index is 11.2. The van der Waals surface area contributed by atoms with E-state index in [1.165, 1.54) is 6.20 Å². The summed E-state index contributed by atoms with van der Waals surface area (Å²) >= 11 is 5.89. The molecule has 0 aliphatic heterocycles. The highest BCUT2D eigenvalue weighted by molar-refractivity contribution is 6.30. The van der Waals surface area contributed by atoms with Gasteiger partial charge in [0.15, 0.2) is 0 Å². The lowest BCUT2D eigenvalue weighted by Crippen LogP contribution is -2.05. The fraction of sp³-hybridized carbons (Fsp3) is 0.143. The minimum Gasteiger partial charge on any atom is -0.478 e. The first-order valence-corrected chi connectivity index (χ1v) is 6.08. The van der Waals surface area contributed by atoms with Gasteiger partial charge in [-0.15, -0.1) is 0 Å². The Kier molecular flexibility index (Phi) is 3.71. The second-order valence-corrected chi connectivity index (χ2v) is 4.70. The number of rotatable bonds is 3. The van der Waals surface area contributed by atoms with Crippen LogP contribution in [-0.4, -0.2) is 16.1 Å². The van der Waals surface area contributed by atoms with Crippen LogP contribution >= 0.6 is 11.6 Å². The first-order chi connectivity index (χ1) is 8.97. The van der Waals surface area contributed by atoms with Crippen LogP contribution in [0.15, 0.2) is 30.5 Å². The monoisotopic (exact) mass is 276 g/mol. The number of nitrogens with zero attached hydrogens (tertiary/aromatic N) is 1. The van der Waals surface area contributed by atoms with Gasteiger partial charge in [-0.2, -0.15) is 0 Å². The van der Waals surface area contributed by atoms with Gasteiger partial charge in [-0.05, 0) is 43.7 Å². The Balaban J connectivity index is 2.42. The quantitative estimate of drug-likeness (QED) is 0.895. The van der Waals surface area contributed by atoms with E-state index < -0.39 is 5.97 Å². The van der Waals surface area contributed by atoms with Gasteiger partial charge < -0.3 is 10.4 Å². The average molecular weight is 277 g/mol. The van der Waals surface area contributed by atoms with Crippen molar-refractivity contribution >= 4 is 28.9 Å². The van der Waals surface area contributed by atoms with Crippen LogP contribution in [-0.2, 0) is 0 Å². The molecule has 5 heteroatoms. The normalized spacial score (nSPS) is 10.3. The second-order valence-electron chi connectivity index (χ2n) is 4.26. The van der Waals surface area contributed by atoms with Crippen molar-refractivity contribution in [3.63, 3.8) is 0 Å². The molecule has 0 atom stereocenters. The minimum atomic E-state index is -1.01. The number of aromatic carboxylic acids is 1. The van der Waals surface area contributed by atoms with Crippen LogP contribution < -0.4 is 5.32 Å². The molecule has 0 radical (unpaired) electrons. The second kappa shape index (κ2) is 5.28. The molecule has 0 saturated carbocycles. The summed E-state index contributed by atoms with van der Waals surface area (Å²) in [5.74, 6) is -1.01. The van der Waals surface area contributed by atoms with Crippen molar-refractivity contribution in [2.75, 3.05) is 5.32 Å². The van der Waals surface area contributed by atoms with Crippen molar-refractivity contribution < 1.29 is 9.90 Å². The molecule has 2 aromatic rings. The number of anilines is 2. The molecule has 19 heavy (non-hydrogen) atoms. The van der Waals surface area contributed by atoms with E-state index in [1.807, 2.05) is 26.0 Å². The molecule has 1 aromatic carbocycles. The summed E-state index contributed by atoms with van der Waals surface area (Å²) in [7, 11) is 0. The average Bonchev–Trinajstić information content (AvgIpc) is 2.32. The molecule has 0 aliphatic rings. The molecule has 2 N–H and O–H groups in total. The van der Waals surface area contributed by atoms with Crippen molar-refractivity contribution in [3.8, 4) is 0 Å². The summed E-state index contributed by atoms with van der Waals surface area (Å²) in [6.07, 6.45) is 1.35. The third-order valence-electron chi connectivity index (χ3n) is 2.73. The SMILES string of the molecule is Cc1cc(Nc2ccc(Cl)cc2C)c(C(=O)O)cn1. The Hall–Kier alpha value is -2.07. The molecule has 0 fully saturated rings. The highest BCUT2D eigenvalue weighted by atomic mass is 35.5. The van der Waals surface area contributed by atoms with E-state index in [1.54, 1.807) is 12.1 Å². The molecular weight excluding hydrogens is 264 g/mol. The smallest absolute Gasteiger partial charge is 0.339 e. The van der Waals surface area contributed by atoms with E-state index >= 15 is 0 Å². The molecule has 0 bridgehead atoms. The van der Waals surface area contributed by atoms with Gasteiger partial charge in [0.25, 0.3) is 0 Å². The molecule has 1 heterocycles. The number of aromatic nitrogens is 1. The van der Waals surface area contributed by atoms with E-state index in [-0.39, 0.29) is 5.56 Å². The Morgan fingerprint density at radius 2 is 2.00 bits per heavy atom. The van der Waals surface area contributed by atoms with Crippen molar-refractivity contribution in [1.82, 2.24) is 4.98 Å². The zero-order valence-corrected chi connectivity index (χ0v) is 11.3. The molecule has 0 aliphatic carbocycles. The van der Waals surface area contributed by atoms with Crippen LogP contribution in [0.25, 0.3) is 0 Å². The number of halogens is 1. The van der Waals surface area contributed by atoms with Crippen molar-refractivity contribution in [1.29, 1.82) is 0 Å². The number of benzene rings is 1. The number of hydrogen-bond acceptors (Lipinski definition) is 3. The molecule has 0 spiro atoms. The zero-order chi connectivity index (χ0) is 14.0. The van der Waals surface area contributed by atoms with Gasteiger partial charge in [-0.25, -0.2) is 4.79 Å². The highest BCUT2D eigenvalue weighted by Gasteiger charge is 2.12. The molecule has 98 valence electrons. The van der Waals surface area contributed by atoms with E-state index in [4.69, 9.17) is 16.7 Å². The van der Waals surface area contributed by atoms with Gasteiger partial charge in [-0.3, -0.25) is 4.98 Å². The van der Waals surface area contributed by atoms with Crippen LogP contribution in [0, 0.1) is 13.8 Å². The fourth-order valence-corrected chi connectivity index (χ4v) is 1.97. The van der Waals surface area contributed by atoms with E-state index in [2.05, 4.69) is 10.3 Å². The maximum Gasteiger partial charge on any atom is 0.339 e. The number of carboxylic acids is 1. The molecule has 2 rings (SSSR count). The first-order valence-electron chi connectivity index (χ1n) is 5.70. The largest absolute Gasteiger partial charge is 0.478 e. The summed E-state index contributed by atoms with van der Waals surface area (Å²) in [5, 5.41) is 12.9. The molecule has 0 unspecified atom stereocenters. The minimum absolute atomic E-state index is 0.139. The summed E-state index contributed by atoms with van der Waals surface area (Å²) < 4.78 is 0. The lowest BCUT2D eigenvalue weighted by atomic mass is 10.1. The van der Waals surface area contributed by atoms with Crippen LogP contribution in [0.2, 0.25) is 5.02 Å². The first kappa shape index (κ1) is 13.4. The fourth-order valence-electron chi connectivity index (χ4n) is 1.75. The maximum absolute atomic E-state index is 11.2. The van der Waals surface area contributed by atoms with Gasteiger partial charge in [0.2, 0.25) is 0 Å². The number of carboxylic acid groups (broad SMARTS) is 1. The van der Waals surface area contributed by atoms with Gasteiger partial charge in [0.1, 0.15) is 5.56 Å². The standard InChI is InChI=1S/C14H13ClN2O2/c1-8-5-10(15)3-4-12(8)17-13-6-9(2)16-7-11(13)14(18)19/h3-7H,1-2H3,(H,16,17)(H,18,19). The zero-order valence-electron chi connectivity index (χ0n) is 10.6. The number of nitrogens with one attached hydrogen (secondary N) is 1. The lowest BCUT2D eigenvalue weighted by molar-refractivity contribution is 0.0697. The van der Waals surface area contributed by atoms with Crippen molar-refractivity contribution in [2.45, 2.75) is 13.8 Å². The number of pyridine rings is 1. The number of carbonyl (C=O) groups is 1. The predicted octanol–water partition coefficient (Wildman–Crippen LogP) is 3.79. The third kappa shape index (κ3) is 3.03. The van der Waals surface area contributed by atoms with Gasteiger partial charge >= 0.3 is 5.97 Å². The topological polar surface area (TPSA) is 62.2 Å². The summed E-state index contributed by atoms with van der Waals surface area (Å²) in [4.78, 5) is 15.2. The Morgan fingerprint density at radius 1 is 1.26 bits per heavy atom. The van der Waals surface area contributed by atoms with Crippen LogP contribution in [0.1, 0.15) is 21.6 Å². The Morgan fingerprint density at radius 3 is 2.63 bits per heavy atom. The van der Waals surface area contributed by atoms with Crippen LogP contribution in [0.4, 0.5) is 11.4 Å². The molecule has 1 aromatic heterocycles. The van der Waals surface area contributed by atoms with E-state index in [0.29, 0.717) is 10.7 Å².